The third kappa shape index (κ3) is 15.3. The number of nitrogens with two attached hydrogens (primary N) is 3. The summed E-state index contributed by atoms with van der Waals surface area (Å²) in [4.78, 5) is 92.0. The molecule has 1 fully saturated rings. The van der Waals surface area contributed by atoms with Gasteiger partial charge in [-0.3, -0.25) is 28.8 Å². The average Bonchev–Trinajstić information content (AvgIpc) is 4.00. The molecule has 2 aromatic heterocycles. The first-order valence-corrected chi connectivity index (χ1v) is 24.7. The summed E-state index contributed by atoms with van der Waals surface area (Å²) >= 11 is 0. The summed E-state index contributed by atoms with van der Waals surface area (Å²) in [6.45, 7) is 4.63. The third-order valence-electron chi connectivity index (χ3n) is 13.4. The van der Waals surface area contributed by atoms with E-state index in [9.17, 15) is 28.8 Å². The molecular formula is C53H71N11O6. The number of benzene rings is 3. The molecule has 70 heavy (non-hydrogen) atoms. The lowest BCUT2D eigenvalue weighted by atomic mass is 9.84. The molecule has 12 N–H and O–H groups in total. The minimum Gasteiger partial charge on any atom is -0.368 e. The van der Waals surface area contributed by atoms with Crippen molar-refractivity contribution in [3.8, 4) is 0 Å². The van der Waals surface area contributed by atoms with Crippen molar-refractivity contribution in [3.63, 3.8) is 0 Å². The van der Waals surface area contributed by atoms with E-state index < -0.39 is 77.6 Å². The number of aromatic nitrogens is 3. The molecule has 0 saturated heterocycles. The van der Waals surface area contributed by atoms with E-state index in [1.165, 1.54) is 0 Å². The molecule has 3 aromatic carbocycles. The van der Waals surface area contributed by atoms with Crippen LogP contribution in [0.15, 0.2) is 104 Å². The molecule has 0 spiro atoms. The Hall–Kier alpha value is -6.85. The van der Waals surface area contributed by atoms with Crippen LogP contribution in [0.5, 0.6) is 0 Å². The Kier molecular flexibility index (Phi) is 19.7. The number of carbonyl (C=O) groups excluding carboxylic acids is 6. The first-order chi connectivity index (χ1) is 33.8. The average molecular weight is 958 g/mol. The predicted molar refractivity (Wildman–Crippen MR) is 269 cm³/mol. The highest BCUT2D eigenvalue weighted by atomic mass is 16.2. The molecular weight excluding hydrogens is 887 g/mol. The van der Waals surface area contributed by atoms with Crippen molar-refractivity contribution < 1.29 is 28.8 Å². The van der Waals surface area contributed by atoms with Crippen LogP contribution in [0.1, 0.15) is 94.0 Å². The fraction of sp³-hybridized carbons (Fsp3) is 0.453. The van der Waals surface area contributed by atoms with Crippen molar-refractivity contribution >= 4 is 46.3 Å². The van der Waals surface area contributed by atoms with Crippen LogP contribution in [0.25, 0.3) is 10.9 Å². The molecule has 1 aliphatic carbocycles. The number of nitrogens with zero attached hydrogens (tertiary/aromatic N) is 2. The van der Waals surface area contributed by atoms with Gasteiger partial charge < -0.3 is 53.3 Å². The van der Waals surface area contributed by atoms with Crippen molar-refractivity contribution in [2.45, 2.75) is 134 Å². The maximum absolute atomic E-state index is 14.7. The van der Waals surface area contributed by atoms with Gasteiger partial charge >= 0.3 is 0 Å². The molecule has 5 aromatic rings. The van der Waals surface area contributed by atoms with Crippen molar-refractivity contribution in [1.29, 1.82) is 0 Å². The smallest absolute Gasteiger partial charge is 0.243 e. The van der Waals surface area contributed by atoms with E-state index in [1.54, 1.807) is 18.7 Å². The van der Waals surface area contributed by atoms with Crippen LogP contribution in [-0.4, -0.2) is 92.8 Å². The molecule has 2 heterocycles. The number of amides is 6. The number of primary amides is 1. The Labute approximate surface area is 410 Å². The molecule has 1 aliphatic rings. The lowest BCUT2D eigenvalue weighted by Gasteiger charge is -2.31. The quantitative estimate of drug-likeness (QED) is 0.0392. The SMILES string of the molecule is CC[C@H](C)[C@@H](NC(=O)[C@H](CC1CCCCC1)NC(=O)[C@@H](Cc1c[nH]c2ccccc12)NC(=O)[C@@H](N)CCCN)C(=O)N[C@H](Cc1ccccc1)C(=O)N[C@@H](Cc1cn(Cc2ccccc2)cn1)C(N)=O. The Morgan fingerprint density at radius 3 is 1.99 bits per heavy atom. The number of imidazole rings is 1. The van der Waals surface area contributed by atoms with E-state index in [0.717, 1.165) is 59.7 Å². The second-order valence-corrected chi connectivity index (χ2v) is 18.8. The van der Waals surface area contributed by atoms with Gasteiger partial charge in [-0.25, -0.2) is 4.98 Å². The molecule has 17 nitrogen and oxygen atoms in total. The van der Waals surface area contributed by atoms with Crippen LogP contribution in [0.3, 0.4) is 0 Å². The highest BCUT2D eigenvalue weighted by Gasteiger charge is 2.36. The molecule has 6 amide bonds. The van der Waals surface area contributed by atoms with E-state index >= 15 is 0 Å². The van der Waals surface area contributed by atoms with Gasteiger partial charge in [-0.1, -0.05) is 131 Å². The molecule has 0 bridgehead atoms. The van der Waals surface area contributed by atoms with Gasteiger partial charge in [0.1, 0.15) is 30.2 Å². The number of H-pyrrole nitrogens is 1. The van der Waals surface area contributed by atoms with E-state index in [2.05, 4.69) is 36.6 Å². The van der Waals surface area contributed by atoms with Crippen LogP contribution in [-0.2, 0) is 54.6 Å². The predicted octanol–water partition coefficient (Wildman–Crippen LogP) is 3.43. The van der Waals surface area contributed by atoms with E-state index in [1.807, 2.05) is 103 Å². The summed E-state index contributed by atoms with van der Waals surface area (Å²) in [7, 11) is 0. The Bertz CT molecular complexity index is 2490. The molecule has 0 radical (unpaired) electrons. The second kappa shape index (κ2) is 26.2. The van der Waals surface area contributed by atoms with Gasteiger partial charge in [0.2, 0.25) is 35.4 Å². The van der Waals surface area contributed by atoms with Gasteiger partial charge in [-0.2, -0.15) is 0 Å². The zero-order valence-electron chi connectivity index (χ0n) is 40.4. The Morgan fingerprint density at radius 1 is 0.714 bits per heavy atom. The summed E-state index contributed by atoms with van der Waals surface area (Å²) in [5.41, 5.74) is 21.8. The zero-order chi connectivity index (χ0) is 50.0. The number of para-hydroxylation sites is 1. The molecule has 7 atom stereocenters. The normalized spacial score (nSPS) is 15.9. The van der Waals surface area contributed by atoms with Crippen LogP contribution >= 0.6 is 0 Å². The number of carbonyl (C=O) groups is 6. The molecule has 6 rings (SSSR count). The zero-order valence-corrected chi connectivity index (χ0v) is 40.4. The minimum atomic E-state index is -1.18. The minimum absolute atomic E-state index is 0.0158. The van der Waals surface area contributed by atoms with Gasteiger partial charge in [0.15, 0.2) is 0 Å². The van der Waals surface area contributed by atoms with Gasteiger partial charge in [0, 0.05) is 49.1 Å². The first-order valence-electron chi connectivity index (χ1n) is 24.7. The van der Waals surface area contributed by atoms with Crippen molar-refractivity contribution in [1.82, 2.24) is 41.1 Å². The Morgan fingerprint density at radius 2 is 1.31 bits per heavy atom. The second-order valence-electron chi connectivity index (χ2n) is 18.8. The van der Waals surface area contributed by atoms with Crippen molar-refractivity contribution in [3.05, 3.63) is 126 Å². The molecule has 374 valence electrons. The largest absolute Gasteiger partial charge is 0.368 e. The third-order valence-corrected chi connectivity index (χ3v) is 13.4. The summed E-state index contributed by atoms with van der Waals surface area (Å²) in [6, 6.07) is 20.1. The Balaban J connectivity index is 1.21. The fourth-order valence-electron chi connectivity index (χ4n) is 9.11. The van der Waals surface area contributed by atoms with E-state index in [-0.39, 0.29) is 25.2 Å². The lowest BCUT2D eigenvalue weighted by molar-refractivity contribution is -0.136. The highest BCUT2D eigenvalue weighted by molar-refractivity contribution is 5.97. The summed E-state index contributed by atoms with van der Waals surface area (Å²) in [6.07, 6.45) is 11.9. The van der Waals surface area contributed by atoms with Crippen molar-refractivity contribution in [2.75, 3.05) is 6.54 Å². The summed E-state index contributed by atoms with van der Waals surface area (Å²) in [5, 5.41) is 15.4. The van der Waals surface area contributed by atoms with E-state index in [4.69, 9.17) is 17.2 Å². The maximum atomic E-state index is 14.7. The van der Waals surface area contributed by atoms with Crippen LogP contribution in [0.4, 0.5) is 0 Å². The molecule has 17 heteroatoms. The van der Waals surface area contributed by atoms with Gasteiger partial charge in [0.05, 0.1) is 18.1 Å². The summed E-state index contributed by atoms with van der Waals surface area (Å²) < 4.78 is 1.88. The number of rotatable bonds is 26. The summed E-state index contributed by atoms with van der Waals surface area (Å²) in [5.74, 6) is -3.98. The number of hydrogen-bond acceptors (Lipinski definition) is 9. The van der Waals surface area contributed by atoms with Crippen LogP contribution < -0.4 is 43.8 Å². The van der Waals surface area contributed by atoms with Crippen molar-refractivity contribution in [2.24, 2.45) is 29.0 Å². The van der Waals surface area contributed by atoms with Crippen LogP contribution in [0, 0.1) is 11.8 Å². The monoisotopic (exact) mass is 958 g/mol. The molecule has 0 aliphatic heterocycles. The number of aromatic amines is 1. The van der Waals surface area contributed by atoms with Gasteiger partial charge in [-0.15, -0.1) is 0 Å². The standard InChI is InChI=1S/C53H71N11O6/c1-3-34(2)47(53(70)62-44(26-35-16-7-4-8-17-35)50(67)59-43(48(56)65)29-39-32-64(33-58-39)31-37-20-11-6-12-21-37)63-52(69)45(27-36-18-9-5-10-19-36)61-51(68)46(60-49(66)41(55)23-15-25-54)28-38-30-57-42-24-14-13-22-40(38)42/h4,6-8,11-14,16-17,20-22,24,30,32-34,36,41,43-47,57H,3,5,9-10,15,18-19,23,25-29,31,54-55H2,1-2H3,(H2,56,65)(H,59,67)(H,60,66)(H,61,68)(H,62,70)(H,63,69)/t34-,41-,43-,44+,45-,46+,47+/m0/s1. The number of fused-ring (bicyclic) bond motifs is 1. The molecule has 0 unspecified atom stereocenters. The van der Waals surface area contributed by atoms with Gasteiger partial charge in [-0.05, 0) is 60.4 Å². The molecule has 1 saturated carbocycles. The lowest BCUT2D eigenvalue weighted by Crippen LogP contribution is -2.61. The maximum Gasteiger partial charge on any atom is 0.243 e. The van der Waals surface area contributed by atoms with Crippen LogP contribution in [0.2, 0.25) is 0 Å². The topological polar surface area (TPSA) is 274 Å². The van der Waals surface area contributed by atoms with Gasteiger partial charge in [0.25, 0.3) is 0 Å². The number of nitrogens with one attached hydrogen (secondary N) is 6. The highest BCUT2D eigenvalue weighted by Crippen LogP contribution is 2.28. The number of hydrogen-bond donors (Lipinski definition) is 9. The van der Waals surface area contributed by atoms with E-state index in [0.29, 0.717) is 44.5 Å². The first kappa shape index (κ1) is 52.5. The fourth-order valence-corrected chi connectivity index (χ4v) is 9.11.